The Bertz CT molecular complexity index is 579. The average molecular weight is 408 g/mol. The van der Waals surface area contributed by atoms with Crippen molar-refractivity contribution in [3.63, 3.8) is 0 Å². The molecule has 0 saturated heterocycles. The van der Waals surface area contributed by atoms with Crippen molar-refractivity contribution in [2.24, 2.45) is 27.9 Å². The highest BCUT2D eigenvalue weighted by Crippen LogP contribution is 1.83. The first-order valence-electron chi connectivity index (χ1n) is 7.38. The Morgan fingerprint density at radius 1 is 1.29 bits per heavy atom. The molecule has 1 unspecified atom stereocenters. The number of hydrogen-bond acceptors (Lipinski definition) is 4. The van der Waals surface area contributed by atoms with E-state index in [0.29, 0.717) is 18.2 Å². The summed E-state index contributed by atoms with van der Waals surface area (Å²) < 4.78 is 1.61. The van der Waals surface area contributed by atoms with Crippen LogP contribution in [0.3, 0.4) is 0 Å². The van der Waals surface area contributed by atoms with E-state index in [2.05, 4.69) is 10.7 Å². The van der Waals surface area contributed by atoms with Gasteiger partial charge in [-0.1, -0.05) is 0 Å². The van der Waals surface area contributed by atoms with Gasteiger partial charge in [-0.2, -0.15) is 0 Å². The first-order valence-corrected chi connectivity index (χ1v) is 7.38. The molecule has 0 aliphatic rings. The minimum Gasteiger partial charge on any atom is -0.544 e. The van der Waals surface area contributed by atoms with Crippen LogP contribution >= 0.6 is 0 Å². The molecule has 0 spiro atoms. The topological polar surface area (TPSA) is 277 Å². The second-order valence-electron chi connectivity index (χ2n) is 5.50. The van der Waals surface area contributed by atoms with Crippen LogP contribution < -0.4 is 39.2 Å². The number of carbonyl (C=O) groups is 2. The molecule has 1 atom stereocenters. The Morgan fingerprint density at radius 3 is 1.82 bits per heavy atom. The molecule has 14 nitrogen and oxygen atoms in total. The van der Waals surface area contributed by atoms with Crippen LogP contribution in [0, 0.1) is 12.8 Å². The number of carboxylic acid groups (broad SMARTS) is 2. The molecule has 14 heteroatoms. The molecule has 0 aliphatic heterocycles. The monoisotopic (exact) mass is 407 g/mol. The largest absolute Gasteiger partial charge is 0.544 e. The van der Waals surface area contributed by atoms with Crippen molar-refractivity contribution in [3.05, 3.63) is 7.43 Å². The lowest BCUT2D eigenvalue weighted by Crippen LogP contribution is -2.68. The summed E-state index contributed by atoms with van der Waals surface area (Å²) in [6.07, 6.45) is -0.130. The molecule has 164 valence electrons. The van der Waals surface area contributed by atoms with Crippen LogP contribution in [-0.4, -0.2) is 84.3 Å². The summed E-state index contributed by atoms with van der Waals surface area (Å²) in [5.74, 6) is -1.63. The van der Waals surface area contributed by atoms with Crippen LogP contribution in [0.4, 0.5) is 0 Å². The van der Waals surface area contributed by atoms with Crippen molar-refractivity contribution in [2.75, 3.05) is 28.2 Å². The SMILES string of the molecule is CN(C)C(=N)CC(N)=[NH2+].C[N+](C)=C(N)N=C(N)N.[CH3-].[NH3+]C(CC(=O)O)C(=O)[O-]. The minimum absolute atomic E-state index is 0. The van der Waals surface area contributed by atoms with Crippen molar-refractivity contribution in [1.29, 1.82) is 5.41 Å². The number of quaternary nitrogens is 1. The van der Waals surface area contributed by atoms with Crippen LogP contribution in [0.15, 0.2) is 4.99 Å². The standard InChI is InChI=1S/C5H12N4.C4H11N5.C4H7NO4.CH3/c1-9(2)5(8)3-4(6)7;1-9(2)4(7)8-3(5)6;5-2(4(8)9)1-3(6)7;/h8H,3H2,1-2H3,(H3,6,7);1-2H3,(H5,5,6,7,8);2H,1,5H2,(H,6,7)(H,8,9);1H3/q;;;-1/p+2. The van der Waals surface area contributed by atoms with Gasteiger partial charge >= 0.3 is 11.9 Å². The summed E-state index contributed by atoms with van der Waals surface area (Å²) in [4.78, 5) is 24.8. The molecule has 0 amide bonds. The van der Waals surface area contributed by atoms with Crippen molar-refractivity contribution in [3.8, 4) is 0 Å². The molecule has 0 bridgehead atoms. The molecule has 15 N–H and O–H groups in total. The third-order valence-corrected chi connectivity index (χ3v) is 2.37. The average Bonchev–Trinajstić information content (AvgIpc) is 2.46. The van der Waals surface area contributed by atoms with Crippen LogP contribution in [0.25, 0.3) is 0 Å². The Hall–Kier alpha value is -3.42. The van der Waals surface area contributed by atoms with E-state index in [-0.39, 0.29) is 19.2 Å². The third-order valence-electron chi connectivity index (χ3n) is 2.37. The summed E-state index contributed by atoms with van der Waals surface area (Å²) in [6, 6.07) is -1.15. The maximum atomic E-state index is 9.80. The van der Waals surface area contributed by atoms with Gasteiger partial charge in [0.05, 0.1) is 20.1 Å². The molecular formula is C14H35N10O4+. The molecule has 0 radical (unpaired) electrons. The third kappa shape index (κ3) is 24.8. The summed E-state index contributed by atoms with van der Waals surface area (Å²) in [7, 11) is 7.07. The van der Waals surface area contributed by atoms with E-state index in [1.165, 1.54) is 0 Å². The highest BCUT2D eigenvalue weighted by molar-refractivity contribution is 5.97. The number of guanidine groups is 2. The molecule has 0 aromatic carbocycles. The summed E-state index contributed by atoms with van der Waals surface area (Å²) in [6.45, 7) is 0. The first kappa shape index (κ1) is 32.3. The highest BCUT2D eigenvalue weighted by Gasteiger charge is 2.11. The zero-order valence-corrected chi connectivity index (χ0v) is 17.1. The number of rotatable bonds is 5. The number of amidine groups is 2. The number of nitrogens with two attached hydrogens (primary N) is 5. The molecule has 0 rings (SSSR count). The zero-order chi connectivity index (χ0) is 22.3. The molecule has 0 aromatic rings. The van der Waals surface area contributed by atoms with Gasteiger partial charge in [-0.05, 0) is 4.99 Å². The molecule has 28 heavy (non-hydrogen) atoms. The molecule has 0 aromatic heterocycles. The number of aliphatic imine (C=N–C) groups is 1. The van der Waals surface area contributed by atoms with Crippen LogP contribution in [0.2, 0.25) is 0 Å². The van der Waals surface area contributed by atoms with Crippen molar-refractivity contribution in [1.82, 2.24) is 4.90 Å². The molecule has 0 aliphatic carbocycles. The van der Waals surface area contributed by atoms with E-state index in [1.54, 1.807) is 37.7 Å². The number of nitrogens with one attached hydrogen (secondary N) is 1. The van der Waals surface area contributed by atoms with Gasteiger partial charge < -0.3 is 44.5 Å². The van der Waals surface area contributed by atoms with E-state index in [0.717, 1.165) is 0 Å². The summed E-state index contributed by atoms with van der Waals surface area (Å²) in [5, 5.41) is 30.2. The Balaban J connectivity index is -0.000000152. The Kier molecular flexibility index (Phi) is 19.6. The normalized spacial score (nSPS) is 9.46. The lowest BCUT2D eigenvalue weighted by Gasteiger charge is -2.10. The van der Waals surface area contributed by atoms with Gasteiger partial charge in [-0.15, -0.1) is 0 Å². The van der Waals surface area contributed by atoms with E-state index in [9.17, 15) is 14.7 Å². The Labute approximate surface area is 164 Å². The fraction of sp³-hybridized carbons (Fsp3) is 0.500. The van der Waals surface area contributed by atoms with E-state index < -0.39 is 24.4 Å². The zero-order valence-electron chi connectivity index (χ0n) is 17.1. The fourth-order valence-corrected chi connectivity index (χ4v) is 0.878. The lowest BCUT2D eigenvalue weighted by atomic mass is 10.2. The van der Waals surface area contributed by atoms with Gasteiger partial charge in [-0.25, -0.2) is 0 Å². The van der Waals surface area contributed by atoms with E-state index in [4.69, 9.17) is 38.9 Å². The van der Waals surface area contributed by atoms with Gasteiger partial charge in [-0.3, -0.25) is 31.7 Å². The van der Waals surface area contributed by atoms with Crippen LogP contribution in [0.1, 0.15) is 12.8 Å². The quantitative estimate of drug-likeness (QED) is 0.0928. The molecular weight excluding hydrogens is 372 g/mol. The molecule has 0 saturated carbocycles. The summed E-state index contributed by atoms with van der Waals surface area (Å²) >= 11 is 0. The Morgan fingerprint density at radius 2 is 1.71 bits per heavy atom. The van der Waals surface area contributed by atoms with E-state index in [1.807, 2.05) is 0 Å². The van der Waals surface area contributed by atoms with Crippen LogP contribution in [-0.2, 0) is 9.59 Å². The molecule has 0 fully saturated rings. The van der Waals surface area contributed by atoms with Gasteiger partial charge in [0.25, 0.3) is 5.96 Å². The van der Waals surface area contributed by atoms with Crippen molar-refractivity contribution in [2.45, 2.75) is 18.9 Å². The number of aliphatic carboxylic acids is 2. The smallest absolute Gasteiger partial charge is 0.387 e. The number of carbonyl (C=O) groups excluding carboxylic acids is 1. The van der Waals surface area contributed by atoms with Crippen molar-refractivity contribution < 1.29 is 35.5 Å². The number of carboxylic acids is 2. The maximum Gasteiger partial charge on any atom is 0.387 e. The first-order chi connectivity index (χ1) is 12.1. The molecule has 0 heterocycles. The highest BCUT2D eigenvalue weighted by atomic mass is 16.4. The maximum absolute atomic E-state index is 9.80. The second kappa shape index (κ2) is 17.0. The van der Waals surface area contributed by atoms with Gasteiger partial charge in [0, 0.05) is 14.1 Å². The second-order valence-corrected chi connectivity index (χ2v) is 5.50. The van der Waals surface area contributed by atoms with Crippen LogP contribution in [0.5, 0.6) is 0 Å². The predicted octanol–water partition coefficient (Wildman–Crippen LogP) is -6.85. The fourth-order valence-electron chi connectivity index (χ4n) is 0.878. The van der Waals surface area contributed by atoms with Gasteiger partial charge in [0.2, 0.25) is 5.84 Å². The summed E-state index contributed by atoms with van der Waals surface area (Å²) in [5.41, 5.74) is 23.6. The predicted molar refractivity (Wildman–Crippen MR) is 105 cm³/mol. The van der Waals surface area contributed by atoms with Gasteiger partial charge in [0.1, 0.15) is 24.7 Å². The van der Waals surface area contributed by atoms with E-state index >= 15 is 0 Å². The lowest BCUT2D eigenvalue weighted by molar-refractivity contribution is -0.466. The number of hydrogen-bond donors (Lipinski definition) is 8. The van der Waals surface area contributed by atoms with Gasteiger partial charge in [0.15, 0.2) is 0 Å². The van der Waals surface area contributed by atoms with Crippen molar-refractivity contribution >= 4 is 35.5 Å². The minimum atomic E-state index is -1.43. The number of nitrogens with zero attached hydrogens (tertiary/aromatic N) is 3.